The van der Waals surface area contributed by atoms with Crippen LogP contribution < -0.4 is 5.32 Å². The Bertz CT molecular complexity index is 1270. The van der Waals surface area contributed by atoms with Gasteiger partial charge in [0.1, 0.15) is 4.32 Å². The van der Waals surface area contributed by atoms with E-state index in [4.69, 9.17) is 12.2 Å². The van der Waals surface area contributed by atoms with Crippen molar-refractivity contribution in [3.05, 3.63) is 107 Å². The highest BCUT2D eigenvalue weighted by atomic mass is 32.2. The van der Waals surface area contributed by atoms with Crippen LogP contribution in [0.3, 0.4) is 0 Å². The molecule has 1 heterocycles. The monoisotopic (exact) mass is 498 g/mol. The van der Waals surface area contributed by atoms with Crippen LogP contribution in [0.15, 0.2) is 101 Å². The molecule has 1 saturated heterocycles. The van der Waals surface area contributed by atoms with E-state index in [0.717, 1.165) is 28.0 Å². The van der Waals surface area contributed by atoms with Gasteiger partial charge >= 0.3 is 0 Å². The third-order valence-electron chi connectivity index (χ3n) is 5.49. The van der Waals surface area contributed by atoms with Gasteiger partial charge in [0.05, 0.1) is 4.91 Å². The molecule has 176 valence electrons. The molecule has 1 N–H and O–H groups in total. The quantitative estimate of drug-likeness (QED) is 0.271. The molecule has 3 aromatic rings. The second kappa shape index (κ2) is 11.8. The minimum atomic E-state index is -0.0993. The summed E-state index contributed by atoms with van der Waals surface area (Å²) < 4.78 is 0.533. The topological polar surface area (TPSA) is 49.4 Å². The Morgan fingerprint density at radius 3 is 2.26 bits per heavy atom. The first kappa shape index (κ1) is 24.6. The third-order valence-corrected chi connectivity index (χ3v) is 6.87. The number of thioether (sulfide) groups is 1. The van der Waals surface area contributed by atoms with E-state index in [1.54, 1.807) is 4.90 Å². The molecule has 0 unspecified atom stereocenters. The lowest BCUT2D eigenvalue weighted by molar-refractivity contribution is -0.122. The zero-order valence-corrected chi connectivity index (χ0v) is 21.1. The number of nitrogens with zero attached hydrogens (tertiary/aromatic N) is 1. The minimum Gasteiger partial charge on any atom is -0.326 e. The van der Waals surface area contributed by atoms with E-state index in [1.807, 2.05) is 91.9 Å². The van der Waals surface area contributed by atoms with Gasteiger partial charge in [-0.05, 0) is 53.8 Å². The maximum absolute atomic E-state index is 12.8. The number of amides is 2. The normalized spacial score (nSPS) is 15.1. The maximum atomic E-state index is 12.8. The lowest BCUT2D eigenvalue weighted by Gasteiger charge is -2.14. The summed E-state index contributed by atoms with van der Waals surface area (Å²) in [6, 6.07) is 27.9. The molecule has 1 fully saturated rings. The van der Waals surface area contributed by atoms with Crippen LogP contribution in [0.5, 0.6) is 0 Å². The molecule has 0 radical (unpaired) electrons. The van der Waals surface area contributed by atoms with Crippen molar-refractivity contribution in [3.63, 3.8) is 0 Å². The SMILES string of the molecule is CC(/C=C1\SC(=S)N(CCCC(=O)Nc2ccc(-c3ccccc3)cc2)C1=O)=C\c1ccccc1. The van der Waals surface area contributed by atoms with Crippen molar-refractivity contribution in [2.24, 2.45) is 0 Å². The fourth-order valence-corrected chi connectivity index (χ4v) is 5.11. The Morgan fingerprint density at radius 1 is 0.943 bits per heavy atom. The second-order valence-corrected chi connectivity index (χ2v) is 9.90. The number of carbonyl (C=O) groups excluding carboxylic acids is 2. The molecule has 3 aromatic carbocycles. The Balaban J connectivity index is 1.27. The summed E-state index contributed by atoms with van der Waals surface area (Å²) in [4.78, 5) is 27.5. The Morgan fingerprint density at radius 2 is 1.57 bits per heavy atom. The predicted octanol–water partition coefficient (Wildman–Crippen LogP) is 6.92. The van der Waals surface area contributed by atoms with Gasteiger partial charge in [0.15, 0.2) is 0 Å². The molecule has 0 saturated carbocycles. The Labute approximate surface area is 215 Å². The minimum absolute atomic E-state index is 0.0833. The standard InChI is InChI=1S/C29H26N2O2S2/c1-21(19-22-9-4-2-5-10-22)20-26-28(33)31(29(34)35-26)18-8-13-27(32)30-25-16-14-24(15-17-25)23-11-6-3-7-12-23/h2-7,9-12,14-17,19-20H,8,13,18H2,1H3,(H,30,32)/b21-19+,26-20-. The number of anilines is 1. The highest BCUT2D eigenvalue weighted by Crippen LogP contribution is 2.32. The second-order valence-electron chi connectivity index (χ2n) is 8.23. The van der Waals surface area contributed by atoms with E-state index >= 15 is 0 Å². The number of nitrogens with one attached hydrogen (secondary N) is 1. The first-order valence-electron chi connectivity index (χ1n) is 11.4. The van der Waals surface area contributed by atoms with Crippen LogP contribution in [-0.2, 0) is 9.59 Å². The van der Waals surface area contributed by atoms with Crippen LogP contribution in [0.4, 0.5) is 5.69 Å². The van der Waals surface area contributed by atoms with Crippen LogP contribution in [-0.4, -0.2) is 27.6 Å². The number of hydrogen-bond donors (Lipinski definition) is 1. The first-order valence-corrected chi connectivity index (χ1v) is 12.7. The van der Waals surface area contributed by atoms with Gasteiger partial charge < -0.3 is 5.32 Å². The summed E-state index contributed by atoms with van der Waals surface area (Å²) in [6.45, 7) is 2.39. The summed E-state index contributed by atoms with van der Waals surface area (Å²) in [5.74, 6) is -0.183. The van der Waals surface area contributed by atoms with E-state index in [0.29, 0.717) is 28.6 Å². The number of rotatable bonds is 8. The van der Waals surface area contributed by atoms with Crippen molar-refractivity contribution < 1.29 is 9.59 Å². The largest absolute Gasteiger partial charge is 0.326 e. The maximum Gasteiger partial charge on any atom is 0.266 e. The van der Waals surface area contributed by atoms with Crippen LogP contribution in [0, 0.1) is 0 Å². The van der Waals surface area contributed by atoms with Crippen molar-refractivity contribution in [2.75, 3.05) is 11.9 Å². The molecule has 35 heavy (non-hydrogen) atoms. The number of allylic oxidation sites excluding steroid dienone is 2. The highest BCUT2D eigenvalue weighted by molar-refractivity contribution is 8.26. The highest BCUT2D eigenvalue weighted by Gasteiger charge is 2.31. The zero-order valence-electron chi connectivity index (χ0n) is 19.4. The summed E-state index contributed by atoms with van der Waals surface area (Å²) in [6.07, 6.45) is 4.75. The third kappa shape index (κ3) is 6.78. The zero-order chi connectivity index (χ0) is 24.6. The smallest absolute Gasteiger partial charge is 0.266 e. The van der Waals surface area contributed by atoms with E-state index in [1.165, 1.54) is 11.8 Å². The summed E-state index contributed by atoms with van der Waals surface area (Å²) in [5.41, 5.74) is 5.05. The molecule has 1 aliphatic heterocycles. The van der Waals surface area contributed by atoms with E-state index < -0.39 is 0 Å². The molecule has 0 atom stereocenters. The summed E-state index contributed by atoms with van der Waals surface area (Å²) in [7, 11) is 0. The lowest BCUT2D eigenvalue weighted by atomic mass is 10.1. The molecular weight excluding hydrogens is 472 g/mol. The van der Waals surface area contributed by atoms with Crippen molar-refractivity contribution in [1.29, 1.82) is 0 Å². The Hall–Kier alpha value is -3.48. The number of carbonyl (C=O) groups is 2. The molecule has 6 heteroatoms. The van der Waals surface area contributed by atoms with Gasteiger partial charge in [-0.2, -0.15) is 0 Å². The van der Waals surface area contributed by atoms with E-state index in [-0.39, 0.29) is 11.8 Å². The molecule has 2 amide bonds. The average molecular weight is 499 g/mol. The van der Waals surface area contributed by atoms with Crippen molar-refractivity contribution in [1.82, 2.24) is 4.90 Å². The summed E-state index contributed by atoms with van der Waals surface area (Å²) >= 11 is 6.73. The molecule has 1 aliphatic rings. The Kier molecular flexibility index (Phi) is 8.29. The van der Waals surface area contributed by atoms with Crippen LogP contribution in [0.1, 0.15) is 25.3 Å². The average Bonchev–Trinajstić information content (AvgIpc) is 3.13. The number of thiocarbonyl (C=S) groups is 1. The van der Waals surface area contributed by atoms with Crippen molar-refractivity contribution in [3.8, 4) is 11.1 Å². The van der Waals surface area contributed by atoms with Gasteiger partial charge in [-0.1, -0.05) is 103 Å². The van der Waals surface area contributed by atoms with Gasteiger partial charge in [-0.15, -0.1) is 0 Å². The van der Waals surface area contributed by atoms with Crippen LogP contribution >= 0.6 is 24.0 Å². The fraction of sp³-hybridized carbons (Fsp3) is 0.138. The van der Waals surface area contributed by atoms with Gasteiger partial charge in [-0.3, -0.25) is 14.5 Å². The van der Waals surface area contributed by atoms with Crippen LogP contribution in [0.2, 0.25) is 0 Å². The molecule has 0 aliphatic carbocycles. The van der Waals surface area contributed by atoms with Gasteiger partial charge in [0.25, 0.3) is 5.91 Å². The van der Waals surface area contributed by atoms with Gasteiger partial charge in [0, 0.05) is 18.7 Å². The van der Waals surface area contributed by atoms with E-state index in [9.17, 15) is 9.59 Å². The first-order chi connectivity index (χ1) is 17.0. The molecule has 0 bridgehead atoms. The fourth-order valence-electron chi connectivity index (χ4n) is 3.75. The van der Waals surface area contributed by atoms with Crippen molar-refractivity contribution in [2.45, 2.75) is 19.8 Å². The van der Waals surface area contributed by atoms with Crippen LogP contribution in [0.25, 0.3) is 17.2 Å². The van der Waals surface area contributed by atoms with Gasteiger partial charge in [0.2, 0.25) is 5.91 Å². The molecule has 0 aromatic heterocycles. The lowest BCUT2D eigenvalue weighted by Crippen LogP contribution is -2.29. The summed E-state index contributed by atoms with van der Waals surface area (Å²) in [5, 5.41) is 2.93. The molecule has 0 spiro atoms. The van der Waals surface area contributed by atoms with E-state index in [2.05, 4.69) is 17.4 Å². The van der Waals surface area contributed by atoms with Crippen molar-refractivity contribution >= 4 is 51.9 Å². The van der Waals surface area contributed by atoms with Gasteiger partial charge in [-0.25, -0.2) is 0 Å². The number of benzene rings is 3. The molecule has 4 rings (SSSR count). The molecule has 4 nitrogen and oxygen atoms in total. The number of hydrogen-bond acceptors (Lipinski definition) is 4. The predicted molar refractivity (Wildman–Crippen MR) is 150 cm³/mol. The molecular formula is C29H26N2O2S2.